The van der Waals surface area contributed by atoms with Crippen LogP contribution >= 0.6 is 0 Å². The fraction of sp³-hybridized carbons (Fsp3) is 0.700. The molecule has 6 heteroatoms. The lowest BCUT2D eigenvalue weighted by atomic mass is 10.3. The molecule has 16 heavy (non-hydrogen) atoms. The molecule has 0 fully saturated rings. The molecular weight excluding hydrogens is 210 g/mol. The highest BCUT2D eigenvalue weighted by atomic mass is 16.5. The van der Waals surface area contributed by atoms with E-state index in [2.05, 4.69) is 10.3 Å². The Morgan fingerprint density at radius 2 is 2.25 bits per heavy atom. The van der Waals surface area contributed by atoms with E-state index < -0.39 is 5.97 Å². The van der Waals surface area contributed by atoms with Gasteiger partial charge in [0.15, 0.2) is 5.69 Å². The molecule has 1 aromatic heterocycles. The molecule has 1 aromatic rings. The zero-order chi connectivity index (χ0) is 12.1. The summed E-state index contributed by atoms with van der Waals surface area (Å²) in [6.07, 6.45) is 0. The molecule has 6 nitrogen and oxygen atoms in total. The number of carbonyl (C=O) groups is 1. The molecule has 0 radical (unpaired) electrons. The second kappa shape index (κ2) is 5.60. The number of esters is 1. The maximum Gasteiger partial charge on any atom is 0.360 e. The molecule has 1 rings (SSSR count). The van der Waals surface area contributed by atoms with Crippen molar-refractivity contribution < 1.29 is 14.3 Å². The van der Waals surface area contributed by atoms with Gasteiger partial charge in [0.05, 0.1) is 24.9 Å². The minimum absolute atomic E-state index is 0.0423. The normalized spacial score (nSPS) is 12.5. The Hall–Kier alpha value is -1.43. The minimum atomic E-state index is -0.434. The maximum atomic E-state index is 11.5. The minimum Gasteiger partial charge on any atom is -0.461 e. The first-order chi connectivity index (χ1) is 7.61. The molecular formula is C10H17N3O3. The second-order valence-corrected chi connectivity index (χ2v) is 3.49. The average Bonchev–Trinajstić information content (AvgIpc) is 2.61. The summed E-state index contributed by atoms with van der Waals surface area (Å²) in [5.74, 6) is -0.434. The molecule has 0 aliphatic heterocycles. The van der Waals surface area contributed by atoms with Gasteiger partial charge in [-0.15, -0.1) is 5.10 Å². The summed E-state index contributed by atoms with van der Waals surface area (Å²) in [7, 11) is 1.62. The van der Waals surface area contributed by atoms with Crippen molar-refractivity contribution in [2.75, 3.05) is 20.3 Å². The number of hydrogen-bond acceptors (Lipinski definition) is 5. The van der Waals surface area contributed by atoms with Gasteiger partial charge in [-0.3, -0.25) is 0 Å². The highest BCUT2D eigenvalue weighted by Gasteiger charge is 2.19. The Bertz CT molecular complexity index is 362. The van der Waals surface area contributed by atoms with Crippen molar-refractivity contribution >= 4 is 5.97 Å². The van der Waals surface area contributed by atoms with E-state index >= 15 is 0 Å². The highest BCUT2D eigenvalue weighted by Crippen LogP contribution is 2.12. The van der Waals surface area contributed by atoms with Gasteiger partial charge in [0.25, 0.3) is 0 Å². The van der Waals surface area contributed by atoms with E-state index in [4.69, 9.17) is 9.47 Å². The summed E-state index contributed by atoms with van der Waals surface area (Å²) in [6.45, 7) is 6.34. The molecule has 0 aliphatic carbocycles. The fourth-order valence-electron chi connectivity index (χ4n) is 1.46. The number of carbonyl (C=O) groups excluding carboxylic acids is 1. The van der Waals surface area contributed by atoms with Gasteiger partial charge in [0.2, 0.25) is 0 Å². The largest absolute Gasteiger partial charge is 0.461 e. The van der Waals surface area contributed by atoms with Crippen molar-refractivity contribution in [3.8, 4) is 0 Å². The topological polar surface area (TPSA) is 66.2 Å². The van der Waals surface area contributed by atoms with Gasteiger partial charge in [-0.25, -0.2) is 9.48 Å². The summed E-state index contributed by atoms with van der Waals surface area (Å²) in [5, 5.41) is 7.74. The SMILES string of the molecule is CCOC(=O)c1nnn(C(C)COC)c1C. The summed E-state index contributed by atoms with van der Waals surface area (Å²) in [6, 6.07) is 0.0423. The maximum absolute atomic E-state index is 11.5. The van der Waals surface area contributed by atoms with Crippen molar-refractivity contribution in [3.05, 3.63) is 11.4 Å². The molecule has 0 aromatic carbocycles. The molecule has 90 valence electrons. The Kier molecular flexibility index (Phi) is 4.42. The molecule has 0 amide bonds. The van der Waals surface area contributed by atoms with Crippen molar-refractivity contribution in [2.45, 2.75) is 26.8 Å². The van der Waals surface area contributed by atoms with Crippen LogP contribution in [0.2, 0.25) is 0 Å². The second-order valence-electron chi connectivity index (χ2n) is 3.49. The van der Waals surface area contributed by atoms with Crippen LogP contribution in [-0.4, -0.2) is 41.3 Å². The lowest BCUT2D eigenvalue weighted by molar-refractivity contribution is 0.0518. The third kappa shape index (κ3) is 2.57. The molecule has 0 spiro atoms. The van der Waals surface area contributed by atoms with Gasteiger partial charge in [-0.05, 0) is 20.8 Å². The van der Waals surface area contributed by atoms with Gasteiger partial charge < -0.3 is 9.47 Å². The fourth-order valence-corrected chi connectivity index (χ4v) is 1.46. The lowest BCUT2D eigenvalue weighted by Crippen LogP contribution is -2.15. The zero-order valence-electron chi connectivity index (χ0n) is 10.1. The third-order valence-electron chi connectivity index (χ3n) is 2.22. The van der Waals surface area contributed by atoms with Gasteiger partial charge >= 0.3 is 5.97 Å². The summed E-state index contributed by atoms with van der Waals surface area (Å²) < 4.78 is 11.6. The van der Waals surface area contributed by atoms with Gasteiger partial charge in [0, 0.05) is 7.11 Å². The number of aromatic nitrogens is 3. The van der Waals surface area contributed by atoms with Crippen LogP contribution in [0.1, 0.15) is 36.1 Å². The molecule has 0 saturated heterocycles. The first kappa shape index (κ1) is 12.6. The molecule has 1 heterocycles. The van der Waals surface area contributed by atoms with Crippen LogP contribution in [0.5, 0.6) is 0 Å². The Balaban J connectivity index is 2.87. The number of methoxy groups -OCH3 is 1. The predicted octanol–water partition coefficient (Wildman–Crippen LogP) is 0.971. The standard InChI is InChI=1S/C10H17N3O3/c1-5-16-10(14)9-8(3)13(12-11-9)7(2)6-15-4/h7H,5-6H2,1-4H3. The molecule has 1 atom stereocenters. The summed E-state index contributed by atoms with van der Waals surface area (Å²) in [4.78, 5) is 11.5. The molecule has 0 bridgehead atoms. The van der Waals surface area contributed by atoms with Crippen molar-refractivity contribution in [3.63, 3.8) is 0 Å². The van der Waals surface area contributed by atoms with E-state index in [0.29, 0.717) is 18.9 Å². The van der Waals surface area contributed by atoms with Crippen LogP contribution < -0.4 is 0 Å². The first-order valence-corrected chi connectivity index (χ1v) is 5.19. The van der Waals surface area contributed by atoms with Crippen LogP contribution in [0.25, 0.3) is 0 Å². The Morgan fingerprint density at radius 1 is 1.56 bits per heavy atom. The van der Waals surface area contributed by atoms with E-state index in [1.807, 2.05) is 6.92 Å². The number of nitrogens with zero attached hydrogens (tertiary/aromatic N) is 3. The molecule has 0 aliphatic rings. The van der Waals surface area contributed by atoms with E-state index in [9.17, 15) is 4.79 Å². The van der Waals surface area contributed by atoms with Crippen LogP contribution in [-0.2, 0) is 9.47 Å². The number of rotatable bonds is 5. The molecule has 0 N–H and O–H groups in total. The zero-order valence-corrected chi connectivity index (χ0v) is 10.1. The smallest absolute Gasteiger partial charge is 0.360 e. The van der Waals surface area contributed by atoms with Crippen LogP contribution in [0, 0.1) is 6.92 Å². The van der Waals surface area contributed by atoms with Crippen molar-refractivity contribution in [1.82, 2.24) is 15.0 Å². The first-order valence-electron chi connectivity index (χ1n) is 5.19. The van der Waals surface area contributed by atoms with E-state index in [-0.39, 0.29) is 11.7 Å². The third-order valence-corrected chi connectivity index (χ3v) is 2.22. The van der Waals surface area contributed by atoms with Gasteiger partial charge in [-0.1, -0.05) is 5.21 Å². The van der Waals surface area contributed by atoms with Crippen LogP contribution in [0.15, 0.2) is 0 Å². The monoisotopic (exact) mass is 227 g/mol. The Labute approximate surface area is 94.5 Å². The summed E-state index contributed by atoms with van der Waals surface area (Å²) >= 11 is 0. The summed E-state index contributed by atoms with van der Waals surface area (Å²) in [5.41, 5.74) is 0.966. The predicted molar refractivity (Wildman–Crippen MR) is 57.3 cm³/mol. The molecule has 1 unspecified atom stereocenters. The van der Waals surface area contributed by atoms with Gasteiger partial charge in [0.1, 0.15) is 0 Å². The van der Waals surface area contributed by atoms with Crippen molar-refractivity contribution in [1.29, 1.82) is 0 Å². The van der Waals surface area contributed by atoms with E-state index in [1.54, 1.807) is 25.6 Å². The Morgan fingerprint density at radius 3 is 2.81 bits per heavy atom. The number of hydrogen-bond donors (Lipinski definition) is 0. The van der Waals surface area contributed by atoms with Crippen molar-refractivity contribution in [2.24, 2.45) is 0 Å². The number of ether oxygens (including phenoxy) is 2. The lowest BCUT2D eigenvalue weighted by Gasteiger charge is -2.11. The van der Waals surface area contributed by atoms with E-state index in [1.165, 1.54) is 0 Å². The van der Waals surface area contributed by atoms with Crippen LogP contribution in [0.4, 0.5) is 0 Å². The highest BCUT2D eigenvalue weighted by molar-refractivity contribution is 5.88. The quantitative estimate of drug-likeness (QED) is 0.701. The van der Waals surface area contributed by atoms with E-state index in [0.717, 1.165) is 0 Å². The van der Waals surface area contributed by atoms with Crippen LogP contribution in [0.3, 0.4) is 0 Å². The molecule has 0 saturated carbocycles. The average molecular weight is 227 g/mol. The van der Waals surface area contributed by atoms with Gasteiger partial charge in [-0.2, -0.15) is 0 Å².